The highest BCUT2D eigenvalue weighted by atomic mass is 16.6. The summed E-state index contributed by atoms with van der Waals surface area (Å²) in [6.45, 7) is 2.54. The number of rotatable bonds is 3. The van der Waals surface area contributed by atoms with Gasteiger partial charge >= 0.3 is 6.09 Å². The summed E-state index contributed by atoms with van der Waals surface area (Å²) in [5.41, 5.74) is -1.64. The molecule has 5 heteroatoms. The molecule has 0 radical (unpaired) electrons. The third-order valence-electron chi connectivity index (χ3n) is 2.39. The number of carbonyl (C=O) groups is 3. The molecule has 1 saturated heterocycles. The fraction of sp³-hybridized carbons (Fsp3) is 0.700. The molecule has 1 heterocycles. The number of hydrogen-bond acceptors (Lipinski definition) is 4. The van der Waals surface area contributed by atoms with E-state index in [0.717, 1.165) is 19.3 Å². The van der Waals surface area contributed by atoms with E-state index < -0.39 is 11.7 Å². The van der Waals surface area contributed by atoms with Crippen LogP contribution in [-0.2, 0) is 14.3 Å². The summed E-state index contributed by atoms with van der Waals surface area (Å²) >= 11 is 0. The van der Waals surface area contributed by atoms with Gasteiger partial charge in [0.05, 0.1) is 0 Å². The van der Waals surface area contributed by atoms with Crippen LogP contribution in [0.3, 0.4) is 0 Å². The van der Waals surface area contributed by atoms with Gasteiger partial charge in [-0.2, -0.15) is 0 Å². The Labute approximate surface area is 88.4 Å². The predicted molar refractivity (Wildman–Crippen MR) is 52.4 cm³/mol. The van der Waals surface area contributed by atoms with Crippen molar-refractivity contribution in [2.75, 3.05) is 13.1 Å². The van der Waals surface area contributed by atoms with E-state index in [-0.39, 0.29) is 0 Å². The number of aldehydes is 2. The number of ether oxygens (including phenoxy) is 1. The van der Waals surface area contributed by atoms with E-state index in [4.69, 9.17) is 4.74 Å². The number of nitrogens with zero attached hydrogens (tertiary/aromatic N) is 1. The van der Waals surface area contributed by atoms with Crippen molar-refractivity contribution in [3.05, 3.63) is 0 Å². The van der Waals surface area contributed by atoms with Gasteiger partial charge in [-0.25, -0.2) is 4.79 Å². The standard InChI is InChI=1S/C10H15NO4/c1-10(7-12,8-13)15-9(14)11-5-3-2-4-6-11/h7-8H,2-6H2,1H3. The molecule has 0 spiro atoms. The molecule has 0 aromatic rings. The third-order valence-corrected chi connectivity index (χ3v) is 2.39. The SMILES string of the molecule is CC(C=O)(C=O)OC(=O)N1CCCCC1. The quantitative estimate of drug-likeness (QED) is 0.513. The minimum Gasteiger partial charge on any atom is -0.428 e. The normalized spacial score (nSPS) is 17.0. The second-order valence-electron chi connectivity index (χ2n) is 3.84. The highest BCUT2D eigenvalue weighted by Gasteiger charge is 2.30. The molecule has 5 nitrogen and oxygen atoms in total. The summed E-state index contributed by atoms with van der Waals surface area (Å²) in [5.74, 6) is 0. The first-order chi connectivity index (χ1) is 7.11. The van der Waals surface area contributed by atoms with Gasteiger partial charge in [0.15, 0.2) is 12.6 Å². The lowest BCUT2D eigenvalue weighted by Gasteiger charge is -2.28. The molecule has 0 N–H and O–H groups in total. The number of piperidine rings is 1. The van der Waals surface area contributed by atoms with Gasteiger partial charge in [0.2, 0.25) is 5.60 Å². The Morgan fingerprint density at radius 3 is 2.20 bits per heavy atom. The Balaban J connectivity index is 2.53. The van der Waals surface area contributed by atoms with E-state index in [0.29, 0.717) is 25.7 Å². The first-order valence-corrected chi connectivity index (χ1v) is 5.02. The number of likely N-dealkylation sites (tertiary alicyclic amines) is 1. The van der Waals surface area contributed by atoms with Crippen LogP contribution in [0.5, 0.6) is 0 Å². The van der Waals surface area contributed by atoms with Gasteiger partial charge in [0.1, 0.15) is 0 Å². The van der Waals surface area contributed by atoms with Crippen LogP contribution in [0.25, 0.3) is 0 Å². The zero-order chi connectivity index (χ0) is 11.3. The smallest absolute Gasteiger partial charge is 0.411 e. The molecular formula is C10H15NO4. The third kappa shape index (κ3) is 3.04. The van der Waals surface area contributed by atoms with Crippen molar-refractivity contribution in [1.82, 2.24) is 4.90 Å². The van der Waals surface area contributed by atoms with Crippen LogP contribution < -0.4 is 0 Å². The van der Waals surface area contributed by atoms with Gasteiger partial charge in [0.25, 0.3) is 0 Å². The molecule has 0 aliphatic carbocycles. The summed E-state index contributed by atoms with van der Waals surface area (Å²) in [7, 11) is 0. The monoisotopic (exact) mass is 213 g/mol. The van der Waals surface area contributed by atoms with Crippen LogP contribution in [0, 0.1) is 0 Å². The average molecular weight is 213 g/mol. The van der Waals surface area contributed by atoms with Crippen LogP contribution in [-0.4, -0.2) is 42.3 Å². The van der Waals surface area contributed by atoms with E-state index in [2.05, 4.69) is 0 Å². The molecule has 1 aliphatic heterocycles. The Morgan fingerprint density at radius 1 is 1.20 bits per heavy atom. The van der Waals surface area contributed by atoms with Crippen LogP contribution in [0.2, 0.25) is 0 Å². The van der Waals surface area contributed by atoms with Crippen molar-refractivity contribution in [2.24, 2.45) is 0 Å². The highest BCUT2D eigenvalue weighted by molar-refractivity contribution is 5.89. The first-order valence-electron chi connectivity index (χ1n) is 5.02. The molecule has 1 aliphatic rings. The summed E-state index contributed by atoms with van der Waals surface area (Å²) in [6, 6.07) is 0. The van der Waals surface area contributed by atoms with Crippen molar-refractivity contribution in [2.45, 2.75) is 31.8 Å². The lowest BCUT2D eigenvalue weighted by Crippen LogP contribution is -2.43. The van der Waals surface area contributed by atoms with Crippen LogP contribution in [0.1, 0.15) is 26.2 Å². The molecule has 0 saturated carbocycles. The molecule has 0 aromatic carbocycles. The summed E-state index contributed by atoms with van der Waals surface area (Å²) in [5, 5.41) is 0. The minimum atomic E-state index is -1.64. The van der Waals surface area contributed by atoms with E-state index >= 15 is 0 Å². The van der Waals surface area contributed by atoms with Crippen LogP contribution >= 0.6 is 0 Å². The fourth-order valence-corrected chi connectivity index (χ4v) is 1.41. The Bertz CT molecular complexity index is 250. The lowest BCUT2D eigenvalue weighted by molar-refractivity contribution is -0.134. The van der Waals surface area contributed by atoms with E-state index in [1.54, 1.807) is 0 Å². The topological polar surface area (TPSA) is 63.7 Å². The predicted octanol–water partition coefficient (Wildman–Crippen LogP) is 0.765. The fourth-order valence-electron chi connectivity index (χ4n) is 1.41. The van der Waals surface area contributed by atoms with Gasteiger partial charge in [-0.1, -0.05) is 0 Å². The maximum absolute atomic E-state index is 11.5. The van der Waals surface area contributed by atoms with E-state index in [9.17, 15) is 14.4 Å². The van der Waals surface area contributed by atoms with Gasteiger partial charge in [0, 0.05) is 13.1 Å². The molecule has 0 unspecified atom stereocenters. The Hall–Kier alpha value is -1.39. The Kier molecular flexibility index (Phi) is 3.82. The van der Waals surface area contributed by atoms with Crippen molar-refractivity contribution >= 4 is 18.7 Å². The molecule has 0 aromatic heterocycles. The van der Waals surface area contributed by atoms with Gasteiger partial charge in [-0.15, -0.1) is 0 Å². The van der Waals surface area contributed by atoms with Crippen molar-refractivity contribution in [3.8, 4) is 0 Å². The molecule has 0 bridgehead atoms. The highest BCUT2D eigenvalue weighted by Crippen LogP contribution is 2.13. The largest absolute Gasteiger partial charge is 0.428 e. The molecule has 1 amide bonds. The zero-order valence-electron chi connectivity index (χ0n) is 8.77. The van der Waals surface area contributed by atoms with E-state index in [1.807, 2.05) is 0 Å². The van der Waals surface area contributed by atoms with Gasteiger partial charge in [-0.3, -0.25) is 9.59 Å². The summed E-state index contributed by atoms with van der Waals surface area (Å²) < 4.78 is 4.83. The first kappa shape index (κ1) is 11.7. The molecule has 0 atom stereocenters. The maximum Gasteiger partial charge on any atom is 0.411 e. The number of amides is 1. The van der Waals surface area contributed by atoms with Gasteiger partial charge < -0.3 is 9.64 Å². The average Bonchev–Trinajstić information content (AvgIpc) is 2.30. The van der Waals surface area contributed by atoms with Crippen molar-refractivity contribution in [1.29, 1.82) is 0 Å². The lowest BCUT2D eigenvalue weighted by atomic mass is 10.1. The molecule has 1 fully saturated rings. The van der Waals surface area contributed by atoms with Crippen molar-refractivity contribution < 1.29 is 19.1 Å². The zero-order valence-corrected chi connectivity index (χ0v) is 8.77. The van der Waals surface area contributed by atoms with Crippen LogP contribution in [0.15, 0.2) is 0 Å². The van der Waals surface area contributed by atoms with Crippen LogP contribution in [0.4, 0.5) is 4.79 Å². The number of hydrogen-bond donors (Lipinski definition) is 0. The van der Waals surface area contributed by atoms with E-state index in [1.165, 1.54) is 11.8 Å². The second kappa shape index (κ2) is 4.91. The Morgan fingerprint density at radius 2 is 1.73 bits per heavy atom. The number of carbonyl (C=O) groups excluding carboxylic acids is 3. The molecule has 1 rings (SSSR count). The minimum absolute atomic E-state index is 0.335. The molecule has 84 valence electrons. The maximum atomic E-state index is 11.5. The van der Waals surface area contributed by atoms with Gasteiger partial charge in [-0.05, 0) is 26.2 Å². The summed E-state index contributed by atoms with van der Waals surface area (Å²) in [6.07, 6.45) is 3.06. The second-order valence-corrected chi connectivity index (χ2v) is 3.84. The molecular weight excluding hydrogens is 198 g/mol. The summed E-state index contributed by atoms with van der Waals surface area (Å²) in [4.78, 5) is 34.1. The van der Waals surface area contributed by atoms with Crippen molar-refractivity contribution in [3.63, 3.8) is 0 Å². The molecule has 15 heavy (non-hydrogen) atoms.